The second-order valence-electron chi connectivity index (χ2n) is 6.07. The van der Waals surface area contributed by atoms with Gasteiger partial charge in [-0.3, -0.25) is 0 Å². The molecule has 1 atom stereocenters. The summed E-state index contributed by atoms with van der Waals surface area (Å²) in [6.45, 7) is 11.8. The molecule has 0 saturated carbocycles. The van der Waals surface area contributed by atoms with Gasteiger partial charge in [0.1, 0.15) is 6.26 Å². The van der Waals surface area contributed by atoms with Gasteiger partial charge in [0.05, 0.1) is 18.4 Å². The van der Waals surface area contributed by atoms with Crippen LogP contribution in [0.4, 0.5) is 6.01 Å². The highest BCUT2D eigenvalue weighted by Crippen LogP contribution is 2.18. The van der Waals surface area contributed by atoms with E-state index in [1.54, 1.807) is 6.26 Å². The number of nitrogens with zero attached hydrogens (tertiary/aromatic N) is 2. The monoisotopic (exact) mass is 267 g/mol. The van der Waals surface area contributed by atoms with Gasteiger partial charge in [0.15, 0.2) is 0 Å². The van der Waals surface area contributed by atoms with Crippen LogP contribution in [0.2, 0.25) is 0 Å². The van der Waals surface area contributed by atoms with E-state index < -0.39 is 0 Å². The first-order valence-corrected chi connectivity index (χ1v) is 7.04. The fourth-order valence-corrected chi connectivity index (χ4v) is 2.02. The van der Waals surface area contributed by atoms with Crippen LogP contribution >= 0.6 is 0 Å². The highest BCUT2D eigenvalue weighted by Gasteiger charge is 2.22. The van der Waals surface area contributed by atoms with E-state index in [0.717, 1.165) is 38.4 Å². The van der Waals surface area contributed by atoms with Gasteiger partial charge in [-0.25, -0.2) is 0 Å². The van der Waals surface area contributed by atoms with Crippen LogP contribution in [-0.2, 0) is 11.3 Å². The van der Waals surface area contributed by atoms with Crippen LogP contribution in [0.3, 0.4) is 0 Å². The molecule has 1 aliphatic heterocycles. The number of anilines is 1. The SMILES string of the molecule is CCC1CN(c2nc(CNC(C)(C)C)co2)CCO1. The summed E-state index contributed by atoms with van der Waals surface area (Å²) in [5.41, 5.74) is 1.04. The summed E-state index contributed by atoms with van der Waals surface area (Å²) in [7, 11) is 0. The van der Waals surface area contributed by atoms with Crippen molar-refractivity contribution in [1.82, 2.24) is 10.3 Å². The van der Waals surface area contributed by atoms with Crippen molar-refractivity contribution < 1.29 is 9.15 Å². The molecule has 0 aliphatic carbocycles. The summed E-state index contributed by atoms with van der Waals surface area (Å²) in [6, 6.07) is 0.715. The molecule has 1 aromatic rings. The van der Waals surface area contributed by atoms with Crippen LogP contribution in [0.25, 0.3) is 0 Å². The Morgan fingerprint density at radius 3 is 2.95 bits per heavy atom. The molecule has 0 aromatic carbocycles. The third-order valence-corrected chi connectivity index (χ3v) is 3.20. The van der Waals surface area contributed by atoms with E-state index >= 15 is 0 Å². The predicted octanol–water partition coefficient (Wildman–Crippen LogP) is 2.18. The Morgan fingerprint density at radius 1 is 1.47 bits per heavy atom. The summed E-state index contributed by atoms with van der Waals surface area (Å²) < 4.78 is 11.2. The molecule has 5 heteroatoms. The van der Waals surface area contributed by atoms with Gasteiger partial charge in [-0.05, 0) is 27.2 Å². The average Bonchev–Trinajstić information content (AvgIpc) is 2.84. The standard InChI is InChI=1S/C14H25N3O2/c1-5-12-9-17(6-7-18-12)13-16-11(10-19-13)8-15-14(2,3)4/h10,12,15H,5-9H2,1-4H3. The highest BCUT2D eigenvalue weighted by atomic mass is 16.5. The van der Waals surface area contributed by atoms with E-state index in [9.17, 15) is 0 Å². The fraction of sp³-hybridized carbons (Fsp3) is 0.786. The first-order valence-electron chi connectivity index (χ1n) is 7.04. The zero-order valence-corrected chi connectivity index (χ0v) is 12.4. The summed E-state index contributed by atoms with van der Waals surface area (Å²) in [4.78, 5) is 6.71. The third-order valence-electron chi connectivity index (χ3n) is 3.20. The van der Waals surface area contributed by atoms with Crippen molar-refractivity contribution >= 4 is 6.01 Å². The van der Waals surface area contributed by atoms with Crippen molar-refractivity contribution in [2.75, 3.05) is 24.6 Å². The Bertz CT molecular complexity index is 398. The lowest BCUT2D eigenvalue weighted by Crippen LogP contribution is -2.42. The number of hydrogen-bond acceptors (Lipinski definition) is 5. The zero-order chi connectivity index (χ0) is 13.9. The maximum Gasteiger partial charge on any atom is 0.297 e. The van der Waals surface area contributed by atoms with Crippen LogP contribution in [0, 0.1) is 0 Å². The first-order chi connectivity index (χ1) is 8.98. The lowest BCUT2D eigenvalue weighted by Gasteiger charge is -2.31. The third kappa shape index (κ3) is 4.21. The highest BCUT2D eigenvalue weighted by molar-refractivity contribution is 5.28. The lowest BCUT2D eigenvalue weighted by atomic mass is 10.1. The number of rotatable bonds is 4. The van der Waals surface area contributed by atoms with Crippen LogP contribution in [0.15, 0.2) is 10.7 Å². The second kappa shape index (κ2) is 5.92. The minimum Gasteiger partial charge on any atom is -0.432 e. The molecule has 1 unspecified atom stereocenters. The molecular formula is C14H25N3O2. The molecule has 0 bridgehead atoms. The van der Waals surface area contributed by atoms with E-state index in [4.69, 9.17) is 9.15 Å². The molecule has 1 fully saturated rings. The number of morpholine rings is 1. The molecule has 2 rings (SSSR count). The van der Waals surface area contributed by atoms with Crippen molar-refractivity contribution in [2.24, 2.45) is 0 Å². The molecule has 2 heterocycles. The van der Waals surface area contributed by atoms with Gasteiger partial charge in [0, 0.05) is 25.2 Å². The van der Waals surface area contributed by atoms with Gasteiger partial charge >= 0.3 is 0 Å². The molecule has 1 aromatic heterocycles. The van der Waals surface area contributed by atoms with E-state index in [-0.39, 0.29) is 11.6 Å². The molecule has 108 valence electrons. The molecule has 0 radical (unpaired) electrons. The van der Waals surface area contributed by atoms with Crippen molar-refractivity contribution in [3.05, 3.63) is 12.0 Å². The second-order valence-corrected chi connectivity index (χ2v) is 6.07. The van der Waals surface area contributed by atoms with Gasteiger partial charge in [0.2, 0.25) is 0 Å². The van der Waals surface area contributed by atoms with Gasteiger partial charge in [-0.1, -0.05) is 6.92 Å². The summed E-state index contributed by atoms with van der Waals surface area (Å²) in [5.74, 6) is 0. The molecule has 0 amide bonds. The summed E-state index contributed by atoms with van der Waals surface area (Å²) in [5, 5.41) is 3.41. The minimum atomic E-state index is 0.0887. The van der Waals surface area contributed by atoms with Crippen LogP contribution in [-0.4, -0.2) is 36.3 Å². The Morgan fingerprint density at radius 2 is 2.26 bits per heavy atom. The minimum absolute atomic E-state index is 0.0887. The van der Waals surface area contributed by atoms with E-state index in [2.05, 4.69) is 42.9 Å². The Balaban J connectivity index is 1.93. The summed E-state index contributed by atoms with van der Waals surface area (Å²) in [6.07, 6.45) is 3.05. The van der Waals surface area contributed by atoms with Gasteiger partial charge < -0.3 is 19.4 Å². The average molecular weight is 267 g/mol. The topological polar surface area (TPSA) is 50.5 Å². The number of oxazole rings is 1. The Hall–Kier alpha value is -1.07. The zero-order valence-electron chi connectivity index (χ0n) is 12.4. The normalized spacial score (nSPS) is 20.8. The molecule has 19 heavy (non-hydrogen) atoms. The van der Waals surface area contributed by atoms with Crippen LogP contribution in [0.1, 0.15) is 39.8 Å². The Kier molecular flexibility index (Phi) is 4.47. The van der Waals surface area contributed by atoms with Crippen LogP contribution in [0.5, 0.6) is 0 Å². The Labute approximate surface area is 115 Å². The van der Waals surface area contributed by atoms with Crippen molar-refractivity contribution in [3.8, 4) is 0 Å². The van der Waals surface area contributed by atoms with Gasteiger partial charge in [-0.15, -0.1) is 0 Å². The maximum atomic E-state index is 5.65. The van der Waals surface area contributed by atoms with Crippen LogP contribution < -0.4 is 10.2 Å². The van der Waals surface area contributed by atoms with E-state index in [1.807, 2.05) is 0 Å². The molecule has 0 spiro atoms. The van der Waals surface area contributed by atoms with Crippen molar-refractivity contribution in [1.29, 1.82) is 0 Å². The molecular weight excluding hydrogens is 242 g/mol. The molecule has 1 saturated heterocycles. The molecule has 1 aliphatic rings. The molecule has 5 nitrogen and oxygen atoms in total. The quantitative estimate of drug-likeness (QED) is 0.906. The number of ether oxygens (including phenoxy) is 1. The van der Waals surface area contributed by atoms with Gasteiger partial charge in [0.25, 0.3) is 6.01 Å². The van der Waals surface area contributed by atoms with Crippen molar-refractivity contribution in [3.63, 3.8) is 0 Å². The number of aromatic nitrogens is 1. The lowest BCUT2D eigenvalue weighted by molar-refractivity contribution is 0.0367. The number of nitrogens with one attached hydrogen (secondary N) is 1. The van der Waals surface area contributed by atoms with Gasteiger partial charge in [-0.2, -0.15) is 4.98 Å². The predicted molar refractivity (Wildman–Crippen MR) is 75.3 cm³/mol. The number of hydrogen-bond donors (Lipinski definition) is 1. The summed E-state index contributed by atoms with van der Waals surface area (Å²) >= 11 is 0. The van der Waals surface area contributed by atoms with Crippen molar-refractivity contribution in [2.45, 2.75) is 52.3 Å². The molecule has 1 N–H and O–H groups in total. The smallest absolute Gasteiger partial charge is 0.297 e. The maximum absolute atomic E-state index is 5.65. The van der Waals surface area contributed by atoms with E-state index in [0.29, 0.717) is 6.01 Å². The van der Waals surface area contributed by atoms with E-state index in [1.165, 1.54) is 0 Å². The largest absolute Gasteiger partial charge is 0.432 e. The fourth-order valence-electron chi connectivity index (χ4n) is 2.02. The first kappa shape index (κ1) is 14.3.